The largest absolute Gasteiger partial charge is 0.493 e. The summed E-state index contributed by atoms with van der Waals surface area (Å²) in [6, 6.07) is 3.53. The number of nitrogens with zero attached hydrogens (tertiary/aromatic N) is 1. The van der Waals surface area contributed by atoms with E-state index in [2.05, 4.69) is 26.2 Å². The third-order valence-electron chi connectivity index (χ3n) is 3.32. The summed E-state index contributed by atoms with van der Waals surface area (Å²) in [6.45, 7) is 3.85. The molecule has 7 heteroatoms. The molecule has 0 aliphatic carbocycles. The van der Waals surface area contributed by atoms with Crippen LogP contribution in [0.2, 0.25) is 0 Å². The van der Waals surface area contributed by atoms with Gasteiger partial charge in [0.15, 0.2) is 11.5 Å². The molecule has 0 aliphatic rings. The van der Waals surface area contributed by atoms with Gasteiger partial charge in [-0.2, -0.15) is 0 Å². The van der Waals surface area contributed by atoms with Crippen molar-refractivity contribution >= 4 is 39.2 Å². The van der Waals surface area contributed by atoms with Crippen LogP contribution in [0.4, 0.5) is 0 Å². The second-order valence-electron chi connectivity index (χ2n) is 5.09. The molecule has 0 radical (unpaired) electrons. The van der Waals surface area contributed by atoms with Crippen LogP contribution >= 0.6 is 27.3 Å². The maximum absolute atomic E-state index is 12.1. The Morgan fingerprint density at radius 2 is 2.12 bits per heavy atom. The van der Waals surface area contributed by atoms with Gasteiger partial charge in [-0.3, -0.25) is 4.79 Å². The van der Waals surface area contributed by atoms with Gasteiger partial charge in [0.05, 0.1) is 35.4 Å². The Bertz CT molecular complexity index is 758. The minimum atomic E-state index is -0.181. The van der Waals surface area contributed by atoms with E-state index in [1.165, 1.54) is 6.08 Å². The Labute approximate surface area is 153 Å². The first-order chi connectivity index (χ1) is 11.4. The van der Waals surface area contributed by atoms with Gasteiger partial charge in [0.2, 0.25) is 5.91 Å². The van der Waals surface area contributed by atoms with Crippen LogP contribution in [0.5, 0.6) is 11.5 Å². The summed E-state index contributed by atoms with van der Waals surface area (Å²) in [7, 11) is 3.15. The average Bonchev–Trinajstić information content (AvgIpc) is 2.99. The van der Waals surface area contributed by atoms with Crippen molar-refractivity contribution in [1.29, 1.82) is 0 Å². The molecule has 1 atom stereocenters. The van der Waals surface area contributed by atoms with Crippen molar-refractivity contribution in [1.82, 2.24) is 10.3 Å². The van der Waals surface area contributed by atoms with Crippen LogP contribution in [0.1, 0.15) is 29.2 Å². The first-order valence-electron chi connectivity index (χ1n) is 7.26. The molecule has 5 nitrogen and oxygen atoms in total. The molecule has 0 aliphatic heterocycles. The predicted octanol–water partition coefficient (Wildman–Crippen LogP) is 4.12. The Kier molecular flexibility index (Phi) is 6.39. The Morgan fingerprint density at radius 3 is 2.71 bits per heavy atom. The number of hydrogen-bond acceptors (Lipinski definition) is 5. The molecular weight excluding hydrogens is 392 g/mol. The molecule has 2 aromatic rings. The van der Waals surface area contributed by atoms with Gasteiger partial charge in [-0.05, 0) is 53.5 Å². The van der Waals surface area contributed by atoms with Gasteiger partial charge in [0.25, 0.3) is 0 Å². The average molecular weight is 411 g/mol. The molecule has 0 saturated carbocycles. The van der Waals surface area contributed by atoms with E-state index >= 15 is 0 Å². The van der Waals surface area contributed by atoms with Crippen LogP contribution in [-0.4, -0.2) is 25.1 Å². The molecule has 1 amide bonds. The highest BCUT2D eigenvalue weighted by molar-refractivity contribution is 9.10. The molecule has 1 heterocycles. The van der Waals surface area contributed by atoms with Gasteiger partial charge in [-0.1, -0.05) is 0 Å². The van der Waals surface area contributed by atoms with Crippen LogP contribution in [0.3, 0.4) is 0 Å². The van der Waals surface area contributed by atoms with Crippen molar-refractivity contribution in [2.75, 3.05) is 14.2 Å². The number of rotatable bonds is 6. The number of thiazole rings is 1. The molecule has 1 aromatic heterocycles. The van der Waals surface area contributed by atoms with Crippen LogP contribution in [0.15, 0.2) is 28.1 Å². The topological polar surface area (TPSA) is 60.5 Å². The molecule has 0 spiro atoms. The number of carbonyl (C=O) groups excluding carboxylic acids is 1. The second kappa shape index (κ2) is 8.30. The quantitative estimate of drug-likeness (QED) is 0.727. The summed E-state index contributed by atoms with van der Waals surface area (Å²) in [4.78, 5) is 16.5. The second-order valence-corrected chi connectivity index (χ2v) is 7.01. The molecular formula is C17H19BrN2O3S. The lowest BCUT2D eigenvalue weighted by atomic mass is 10.2. The number of amides is 1. The number of methoxy groups -OCH3 is 2. The Balaban J connectivity index is 2.07. The highest BCUT2D eigenvalue weighted by Gasteiger charge is 2.11. The zero-order valence-electron chi connectivity index (χ0n) is 13.9. The molecule has 1 unspecified atom stereocenters. The van der Waals surface area contributed by atoms with Crippen LogP contribution in [0.25, 0.3) is 6.08 Å². The Morgan fingerprint density at radius 1 is 1.38 bits per heavy atom. The van der Waals surface area contributed by atoms with Gasteiger partial charge >= 0.3 is 0 Å². The smallest absolute Gasteiger partial charge is 0.244 e. The fraction of sp³-hybridized carbons (Fsp3) is 0.294. The number of aryl methyl sites for hydroxylation is 1. The van der Waals surface area contributed by atoms with Crippen LogP contribution in [-0.2, 0) is 4.79 Å². The van der Waals surface area contributed by atoms with E-state index in [1.807, 2.05) is 25.3 Å². The summed E-state index contributed by atoms with van der Waals surface area (Å²) in [5, 5.41) is 5.83. The number of nitrogens with one attached hydrogen (secondary N) is 1. The molecule has 1 N–H and O–H groups in total. The predicted molar refractivity (Wildman–Crippen MR) is 99.7 cm³/mol. The van der Waals surface area contributed by atoms with Crippen molar-refractivity contribution in [2.24, 2.45) is 0 Å². The minimum Gasteiger partial charge on any atom is -0.493 e. The molecule has 2 rings (SSSR count). The molecule has 0 bridgehead atoms. The summed E-state index contributed by atoms with van der Waals surface area (Å²) in [6.07, 6.45) is 3.21. The molecule has 1 aromatic carbocycles. The molecule has 128 valence electrons. The molecule has 24 heavy (non-hydrogen) atoms. The van der Waals surface area contributed by atoms with E-state index < -0.39 is 0 Å². The van der Waals surface area contributed by atoms with Crippen molar-refractivity contribution in [3.05, 3.63) is 44.3 Å². The lowest BCUT2D eigenvalue weighted by Crippen LogP contribution is -2.24. The summed E-state index contributed by atoms with van der Waals surface area (Å²) in [5.74, 6) is 1.03. The van der Waals surface area contributed by atoms with Crippen molar-refractivity contribution in [2.45, 2.75) is 19.9 Å². The van der Waals surface area contributed by atoms with Gasteiger partial charge in [-0.15, -0.1) is 11.3 Å². The third-order valence-corrected chi connectivity index (χ3v) is 4.70. The van der Waals surface area contributed by atoms with E-state index in [1.54, 1.807) is 37.7 Å². The third kappa shape index (κ3) is 4.58. The van der Waals surface area contributed by atoms with E-state index in [9.17, 15) is 4.79 Å². The van der Waals surface area contributed by atoms with E-state index in [0.717, 1.165) is 20.7 Å². The molecule has 0 fully saturated rings. The van der Waals surface area contributed by atoms with E-state index in [-0.39, 0.29) is 11.9 Å². The lowest BCUT2D eigenvalue weighted by molar-refractivity contribution is -0.117. The minimum absolute atomic E-state index is 0.135. The SMILES string of the molecule is COc1cc(/C=C/C(=O)NC(C)c2csc(C)n2)cc(Br)c1OC. The summed E-state index contributed by atoms with van der Waals surface area (Å²) >= 11 is 5.00. The first kappa shape index (κ1) is 18.5. The van der Waals surface area contributed by atoms with Crippen molar-refractivity contribution in [3.8, 4) is 11.5 Å². The van der Waals surface area contributed by atoms with Crippen LogP contribution in [0, 0.1) is 6.92 Å². The zero-order chi connectivity index (χ0) is 17.7. The highest BCUT2D eigenvalue weighted by atomic mass is 79.9. The summed E-state index contributed by atoms with van der Waals surface area (Å²) in [5.41, 5.74) is 1.69. The monoisotopic (exact) mass is 410 g/mol. The van der Waals surface area contributed by atoms with Crippen molar-refractivity contribution < 1.29 is 14.3 Å². The number of aromatic nitrogens is 1. The summed E-state index contributed by atoms with van der Waals surface area (Å²) < 4.78 is 11.3. The number of halogens is 1. The van der Waals surface area contributed by atoms with E-state index in [0.29, 0.717) is 11.5 Å². The van der Waals surface area contributed by atoms with E-state index in [4.69, 9.17) is 9.47 Å². The normalized spacial score (nSPS) is 12.2. The van der Waals surface area contributed by atoms with Gasteiger partial charge in [-0.25, -0.2) is 4.98 Å². The maximum atomic E-state index is 12.1. The standard InChI is InChI=1S/C17H19BrN2O3S/c1-10(14-9-24-11(2)20-14)19-16(21)6-5-12-7-13(18)17(23-4)15(8-12)22-3/h5-10H,1-4H3,(H,19,21)/b6-5+. The maximum Gasteiger partial charge on any atom is 0.244 e. The van der Waals surface area contributed by atoms with Gasteiger partial charge in [0.1, 0.15) is 0 Å². The number of benzene rings is 1. The van der Waals surface area contributed by atoms with Gasteiger partial charge < -0.3 is 14.8 Å². The fourth-order valence-electron chi connectivity index (χ4n) is 2.12. The fourth-order valence-corrected chi connectivity index (χ4v) is 3.45. The number of ether oxygens (including phenoxy) is 2. The van der Waals surface area contributed by atoms with Crippen molar-refractivity contribution in [3.63, 3.8) is 0 Å². The Hall–Kier alpha value is -1.86. The number of carbonyl (C=O) groups is 1. The molecule has 0 saturated heterocycles. The number of hydrogen-bond donors (Lipinski definition) is 1. The first-order valence-corrected chi connectivity index (χ1v) is 8.94. The van der Waals surface area contributed by atoms with Gasteiger partial charge in [0, 0.05) is 11.5 Å². The zero-order valence-corrected chi connectivity index (χ0v) is 16.3. The highest BCUT2D eigenvalue weighted by Crippen LogP contribution is 2.36. The van der Waals surface area contributed by atoms with Crippen LogP contribution < -0.4 is 14.8 Å². The lowest BCUT2D eigenvalue weighted by Gasteiger charge is -2.11.